The Morgan fingerprint density at radius 1 is 1.20 bits per heavy atom. The number of aromatic carboxylic acids is 1. The molecule has 5 heteroatoms. The number of rotatable bonds is 5. The molecule has 0 aliphatic rings. The van der Waals surface area contributed by atoms with E-state index in [1.54, 1.807) is 30.3 Å². The third kappa shape index (κ3) is 3.42. The molecule has 0 spiro atoms. The minimum absolute atomic E-state index is 0.0133. The van der Waals surface area contributed by atoms with Crippen LogP contribution in [0.5, 0.6) is 17.2 Å². The van der Waals surface area contributed by atoms with E-state index in [-0.39, 0.29) is 11.3 Å². The van der Waals surface area contributed by atoms with Crippen LogP contribution >= 0.6 is 11.6 Å². The van der Waals surface area contributed by atoms with Crippen molar-refractivity contribution >= 4 is 17.6 Å². The zero-order valence-electron chi connectivity index (χ0n) is 10.8. The van der Waals surface area contributed by atoms with Gasteiger partial charge in [-0.15, -0.1) is 0 Å². The molecular weight excluding hydrogens is 280 g/mol. The Morgan fingerprint density at radius 3 is 2.65 bits per heavy atom. The van der Waals surface area contributed by atoms with Crippen molar-refractivity contribution in [2.45, 2.75) is 6.92 Å². The molecule has 0 aliphatic carbocycles. The summed E-state index contributed by atoms with van der Waals surface area (Å²) in [5, 5.41) is 9.49. The van der Waals surface area contributed by atoms with Crippen LogP contribution in [0.3, 0.4) is 0 Å². The summed E-state index contributed by atoms with van der Waals surface area (Å²) < 4.78 is 11.0. The summed E-state index contributed by atoms with van der Waals surface area (Å²) >= 11 is 5.79. The highest BCUT2D eigenvalue weighted by atomic mass is 35.5. The van der Waals surface area contributed by atoms with E-state index in [0.29, 0.717) is 23.1 Å². The van der Waals surface area contributed by atoms with Gasteiger partial charge in [0, 0.05) is 11.1 Å². The van der Waals surface area contributed by atoms with Gasteiger partial charge in [-0.3, -0.25) is 0 Å². The molecule has 0 atom stereocenters. The normalized spacial score (nSPS) is 10.1. The van der Waals surface area contributed by atoms with E-state index in [1.165, 1.54) is 12.1 Å². The fourth-order valence-electron chi connectivity index (χ4n) is 1.68. The van der Waals surface area contributed by atoms with E-state index in [4.69, 9.17) is 26.2 Å². The topological polar surface area (TPSA) is 55.8 Å². The molecule has 0 saturated heterocycles. The first kappa shape index (κ1) is 14.2. The molecule has 2 aromatic rings. The minimum Gasteiger partial charge on any atom is -0.494 e. The van der Waals surface area contributed by atoms with Gasteiger partial charge in [0.1, 0.15) is 22.8 Å². The lowest BCUT2D eigenvalue weighted by molar-refractivity contribution is 0.0694. The third-order valence-corrected chi connectivity index (χ3v) is 2.75. The highest BCUT2D eigenvalue weighted by molar-refractivity contribution is 6.31. The van der Waals surface area contributed by atoms with Crippen LogP contribution in [0.15, 0.2) is 42.5 Å². The maximum Gasteiger partial charge on any atom is 0.339 e. The van der Waals surface area contributed by atoms with Gasteiger partial charge in [-0.1, -0.05) is 17.7 Å². The first-order chi connectivity index (χ1) is 9.60. The third-order valence-electron chi connectivity index (χ3n) is 2.52. The van der Waals surface area contributed by atoms with Crippen molar-refractivity contribution in [3.63, 3.8) is 0 Å². The van der Waals surface area contributed by atoms with Gasteiger partial charge in [0.2, 0.25) is 0 Å². The second kappa shape index (κ2) is 6.30. The molecule has 0 aliphatic heterocycles. The molecule has 2 rings (SSSR count). The van der Waals surface area contributed by atoms with Crippen LogP contribution in [0.25, 0.3) is 0 Å². The molecule has 2 aromatic carbocycles. The van der Waals surface area contributed by atoms with E-state index in [2.05, 4.69) is 0 Å². The average molecular weight is 293 g/mol. The Bertz CT molecular complexity index is 625. The van der Waals surface area contributed by atoms with Gasteiger partial charge >= 0.3 is 5.97 Å². The summed E-state index contributed by atoms with van der Waals surface area (Å²) in [4.78, 5) is 11.2. The van der Waals surface area contributed by atoms with Crippen molar-refractivity contribution in [1.29, 1.82) is 0 Å². The maximum atomic E-state index is 11.2. The zero-order valence-corrected chi connectivity index (χ0v) is 11.6. The van der Waals surface area contributed by atoms with Crippen LogP contribution in [0, 0.1) is 0 Å². The lowest BCUT2D eigenvalue weighted by Gasteiger charge is -2.10. The van der Waals surface area contributed by atoms with Crippen molar-refractivity contribution in [2.24, 2.45) is 0 Å². The molecule has 0 fully saturated rings. The van der Waals surface area contributed by atoms with Crippen LogP contribution < -0.4 is 9.47 Å². The molecule has 0 amide bonds. The van der Waals surface area contributed by atoms with Crippen molar-refractivity contribution in [1.82, 2.24) is 0 Å². The molecule has 0 radical (unpaired) electrons. The average Bonchev–Trinajstić information content (AvgIpc) is 2.41. The van der Waals surface area contributed by atoms with E-state index in [0.717, 1.165) is 0 Å². The van der Waals surface area contributed by atoms with Crippen LogP contribution in [0.4, 0.5) is 0 Å². The molecule has 0 bridgehead atoms. The molecule has 1 N–H and O–H groups in total. The van der Waals surface area contributed by atoms with Crippen molar-refractivity contribution in [2.75, 3.05) is 6.61 Å². The first-order valence-corrected chi connectivity index (χ1v) is 6.41. The number of carboxylic acids is 1. The van der Waals surface area contributed by atoms with E-state index in [1.807, 2.05) is 6.92 Å². The highest BCUT2D eigenvalue weighted by Gasteiger charge is 2.13. The van der Waals surface area contributed by atoms with Gasteiger partial charge in [-0.25, -0.2) is 4.79 Å². The van der Waals surface area contributed by atoms with Gasteiger partial charge in [0.15, 0.2) is 0 Å². The number of hydrogen-bond donors (Lipinski definition) is 1. The van der Waals surface area contributed by atoms with E-state index < -0.39 is 5.97 Å². The summed E-state index contributed by atoms with van der Waals surface area (Å²) in [6.07, 6.45) is 0. The summed E-state index contributed by atoms with van der Waals surface area (Å²) in [6, 6.07) is 11.5. The molecule has 20 heavy (non-hydrogen) atoms. The fraction of sp³-hybridized carbons (Fsp3) is 0.133. The Hall–Kier alpha value is -2.20. The molecule has 4 nitrogen and oxygen atoms in total. The summed E-state index contributed by atoms with van der Waals surface area (Å²) in [6.45, 7) is 2.43. The first-order valence-electron chi connectivity index (χ1n) is 6.03. The van der Waals surface area contributed by atoms with Crippen molar-refractivity contribution in [3.8, 4) is 17.2 Å². The van der Waals surface area contributed by atoms with Crippen LogP contribution in [0.1, 0.15) is 17.3 Å². The van der Waals surface area contributed by atoms with Crippen molar-refractivity contribution < 1.29 is 19.4 Å². The number of halogens is 1. The van der Waals surface area contributed by atoms with Gasteiger partial charge in [-0.2, -0.15) is 0 Å². The van der Waals surface area contributed by atoms with Crippen molar-refractivity contribution in [3.05, 3.63) is 53.1 Å². The lowest BCUT2D eigenvalue weighted by atomic mass is 10.2. The smallest absolute Gasteiger partial charge is 0.339 e. The number of hydrogen-bond acceptors (Lipinski definition) is 3. The van der Waals surface area contributed by atoms with Crippen LogP contribution in [0.2, 0.25) is 5.02 Å². The molecule has 0 heterocycles. The maximum absolute atomic E-state index is 11.2. The molecular formula is C15H13ClO4. The Balaban J connectivity index is 2.30. The summed E-state index contributed by atoms with van der Waals surface area (Å²) in [5.74, 6) is 0.302. The monoisotopic (exact) mass is 292 g/mol. The minimum atomic E-state index is -1.09. The molecule has 0 saturated carbocycles. The Kier molecular flexibility index (Phi) is 4.48. The highest BCUT2D eigenvalue weighted by Crippen LogP contribution is 2.29. The number of carbonyl (C=O) groups is 1. The second-order valence-corrected chi connectivity index (χ2v) is 4.39. The molecule has 0 aromatic heterocycles. The molecule has 0 unspecified atom stereocenters. The van der Waals surface area contributed by atoms with Crippen LogP contribution in [-0.4, -0.2) is 17.7 Å². The standard InChI is InChI=1S/C15H13ClO4/c1-2-19-11-4-3-5-12(9-11)20-14-7-6-10(16)8-13(14)15(17)18/h3-9H,2H2,1H3,(H,17,18). The second-order valence-electron chi connectivity index (χ2n) is 3.96. The number of ether oxygens (including phenoxy) is 2. The number of benzene rings is 2. The Morgan fingerprint density at radius 2 is 1.95 bits per heavy atom. The predicted molar refractivity (Wildman–Crippen MR) is 76.1 cm³/mol. The summed E-state index contributed by atoms with van der Waals surface area (Å²) in [7, 11) is 0. The largest absolute Gasteiger partial charge is 0.494 e. The lowest BCUT2D eigenvalue weighted by Crippen LogP contribution is -2.00. The number of carboxylic acid groups (broad SMARTS) is 1. The van der Waals surface area contributed by atoms with Gasteiger partial charge in [-0.05, 0) is 37.3 Å². The van der Waals surface area contributed by atoms with E-state index >= 15 is 0 Å². The fourth-order valence-corrected chi connectivity index (χ4v) is 1.85. The quantitative estimate of drug-likeness (QED) is 0.896. The van der Waals surface area contributed by atoms with Gasteiger partial charge < -0.3 is 14.6 Å². The van der Waals surface area contributed by atoms with Gasteiger partial charge in [0.05, 0.1) is 6.61 Å². The zero-order chi connectivity index (χ0) is 14.5. The predicted octanol–water partition coefficient (Wildman–Crippen LogP) is 4.23. The Labute approximate surface area is 121 Å². The van der Waals surface area contributed by atoms with E-state index in [9.17, 15) is 4.79 Å². The SMILES string of the molecule is CCOc1cccc(Oc2ccc(Cl)cc2C(=O)O)c1. The van der Waals surface area contributed by atoms with Gasteiger partial charge in [0.25, 0.3) is 0 Å². The summed E-state index contributed by atoms with van der Waals surface area (Å²) in [5.41, 5.74) is 0.0133. The van der Waals surface area contributed by atoms with Crippen LogP contribution in [-0.2, 0) is 0 Å². The molecule has 104 valence electrons.